The van der Waals surface area contributed by atoms with E-state index in [0.717, 1.165) is 0 Å². The predicted molar refractivity (Wildman–Crippen MR) is 11.5 cm³/mol. The molecule has 0 bridgehead atoms. The smallest absolute Gasteiger partial charge is 0 e. The summed E-state index contributed by atoms with van der Waals surface area (Å²) in [6, 6.07) is 0. The van der Waals surface area contributed by atoms with Gasteiger partial charge in [-0.2, -0.15) is 0 Å². The van der Waals surface area contributed by atoms with Crippen LogP contribution in [0.3, 0.4) is 0 Å². The molecule has 0 aliphatic rings. The molecule has 0 aromatic rings. The summed E-state index contributed by atoms with van der Waals surface area (Å²) in [7, 11) is 0. The fourth-order valence-corrected chi connectivity index (χ4v) is 0. The van der Waals surface area contributed by atoms with Crippen molar-refractivity contribution in [2.24, 2.45) is 0 Å². The third-order valence-electron chi connectivity index (χ3n) is 0. The van der Waals surface area contributed by atoms with E-state index in [1.54, 1.807) is 0 Å². The van der Waals surface area contributed by atoms with Gasteiger partial charge in [-0.25, -0.2) is 0 Å². The average molecular weight is 605 g/mol. The molecular formula is Sn2W2. The summed E-state index contributed by atoms with van der Waals surface area (Å²) < 4.78 is 0. The van der Waals surface area contributed by atoms with E-state index < -0.39 is 0 Å². The third kappa shape index (κ3) is 8.88. The van der Waals surface area contributed by atoms with E-state index in [9.17, 15) is 0 Å². The normalized spacial score (nSPS) is 0. The van der Waals surface area contributed by atoms with Crippen LogP contribution in [-0.2, 0) is 42.1 Å². The summed E-state index contributed by atoms with van der Waals surface area (Å²) in [6.45, 7) is 0. The van der Waals surface area contributed by atoms with Crippen LogP contribution in [0.2, 0.25) is 0 Å². The van der Waals surface area contributed by atoms with Gasteiger partial charge in [-0.05, 0) is 0 Å². The van der Waals surface area contributed by atoms with Crippen LogP contribution in [0.5, 0.6) is 0 Å². The number of rotatable bonds is 0. The average Bonchev–Trinajstić information content (AvgIpc) is 0. The maximum absolute atomic E-state index is 0. The molecule has 0 spiro atoms. The molecule has 20 valence electrons. The first kappa shape index (κ1) is 28.1. The van der Waals surface area contributed by atoms with E-state index in [1.165, 1.54) is 0 Å². The minimum Gasteiger partial charge on any atom is 0 e. The van der Waals surface area contributed by atoms with E-state index in [2.05, 4.69) is 0 Å². The van der Waals surface area contributed by atoms with E-state index in [-0.39, 0.29) is 89.9 Å². The van der Waals surface area contributed by atoms with Crippen LogP contribution in [0.4, 0.5) is 0 Å². The molecule has 0 saturated carbocycles. The van der Waals surface area contributed by atoms with Crippen molar-refractivity contribution in [1.29, 1.82) is 0 Å². The Labute approximate surface area is 88.3 Å². The molecular weight excluding hydrogens is 605 g/mol. The molecule has 0 saturated heterocycles. The molecule has 0 fully saturated rings. The minimum atomic E-state index is 0. The van der Waals surface area contributed by atoms with Gasteiger partial charge in [-0.1, -0.05) is 0 Å². The zero-order chi connectivity index (χ0) is 0. The SMILES string of the molecule is [Sn].[Sn].[W].[W]. The third-order valence-corrected chi connectivity index (χ3v) is 0. The topological polar surface area (TPSA) is 0 Å². The fraction of sp³-hybridized carbons (Fsp3) is 0. The zero-order valence-electron chi connectivity index (χ0n) is 1.82. The summed E-state index contributed by atoms with van der Waals surface area (Å²) in [5.41, 5.74) is 0. The first-order valence-electron chi connectivity index (χ1n) is 0. The number of hydrogen-bond donors (Lipinski definition) is 0. The Morgan fingerprint density at radius 2 is 0.500 bits per heavy atom. The second-order valence-corrected chi connectivity index (χ2v) is 0. The molecule has 4 heteroatoms. The summed E-state index contributed by atoms with van der Waals surface area (Å²) in [6.07, 6.45) is 0. The van der Waals surface area contributed by atoms with Crippen LogP contribution in [0, 0.1) is 0 Å². The standard InChI is InChI=1S/2Sn.2W. The van der Waals surface area contributed by atoms with Crippen molar-refractivity contribution < 1.29 is 42.1 Å². The minimum absolute atomic E-state index is 0. The van der Waals surface area contributed by atoms with Gasteiger partial charge in [-0.15, -0.1) is 0 Å². The van der Waals surface area contributed by atoms with Crippen molar-refractivity contribution in [3.05, 3.63) is 0 Å². The Balaban J connectivity index is 0. The predicted octanol–water partition coefficient (Wildman–Crippen LogP) is -0.767. The van der Waals surface area contributed by atoms with Crippen molar-refractivity contribution in [3.63, 3.8) is 0 Å². The van der Waals surface area contributed by atoms with Crippen LogP contribution in [0.25, 0.3) is 0 Å². The summed E-state index contributed by atoms with van der Waals surface area (Å²) in [5.74, 6) is 0. The van der Waals surface area contributed by atoms with Crippen molar-refractivity contribution in [2.45, 2.75) is 0 Å². The van der Waals surface area contributed by atoms with E-state index in [1.807, 2.05) is 0 Å². The van der Waals surface area contributed by atoms with E-state index >= 15 is 0 Å². The Bertz CT molecular complexity index is 4.00. The summed E-state index contributed by atoms with van der Waals surface area (Å²) >= 11 is 0. The molecule has 4 heavy (non-hydrogen) atoms. The van der Waals surface area contributed by atoms with Crippen LogP contribution in [0.1, 0.15) is 0 Å². The maximum atomic E-state index is 0. The largest absolute Gasteiger partial charge is 0 e. The van der Waals surface area contributed by atoms with Crippen molar-refractivity contribution >= 4 is 47.8 Å². The van der Waals surface area contributed by atoms with Crippen LogP contribution >= 0.6 is 0 Å². The van der Waals surface area contributed by atoms with E-state index in [0.29, 0.717) is 0 Å². The molecule has 8 radical (unpaired) electrons. The van der Waals surface area contributed by atoms with Gasteiger partial charge in [0.1, 0.15) is 0 Å². The Kier molecular flexibility index (Phi) is 118. The zero-order valence-corrected chi connectivity index (χ0v) is 13.4. The second-order valence-electron chi connectivity index (χ2n) is 0. The van der Waals surface area contributed by atoms with Gasteiger partial charge in [0.15, 0.2) is 0 Å². The van der Waals surface area contributed by atoms with Gasteiger partial charge in [0.25, 0.3) is 0 Å². The van der Waals surface area contributed by atoms with Crippen molar-refractivity contribution in [2.75, 3.05) is 0 Å². The van der Waals surface area contributed by atoms with Crippen LogP contribution in [0.15, 0.2) is 0 Å². The Morgan fingerprint density at radius 1 is 0.500 bits per heavy atom. The molecule has 0 aromatic heterocycles. The first-order valence-corrected chi connectivity index (χ1v) is 0. The maximum Gasteiger partial charge on any atom is 0 e. The van der Waals surface area contributed by atoms with Gasteiger partial charge < -0.3 is 0 Å². The van der Waals surface area contributed by atoms with Crippen LogP contribution in [-0.4, -0.2) is 47.8 Å². The Morgan fingerprint density at radius 3 is 0.500 bits per heavy atom. The summed E-state index contributed by atoms with van der Waals surface area (Å²) in [4.78, 5) is 0. The number of hydrogen-bond acceptors (Lipinski definition) is 0. The van der Waals surface area contributed by atoms with Gasteiger partial charge >= 0.3 is 0 Å². The fourth-order valence-electron chi connectivity index (χ4n) is 0. The van der Waals surface area contributed by atoms with Gasteiger partial charge in [0, 0.05) is 89.9 Å². The second kappa shape index (κ2) is 16.7. The molecule has 0 N–H and O–H groups in total. The molecule has 0 nitrogen and oxygen atoms in total. The Hall–Kier alpha value is 2.97. The van der Waals surface area contributed by atoms with Crippen LogP contribution < -0.4 is 0 Å². The molecule has 0 atom stereocenters. The summed E-state index contributed by atoms with van der Waals surface area (Å²) in [5, 5.41) is 0. The molecule has 0 aliphatic heterocycles. The monoisotopic (exact) mass is 608 g/mol. The van der Waals surface area contributed by atoms with Gasteiger partial charge in [-0.3, -0.25) is 0 Å². The first-order chi connectivity index (χ1) is 0. The molecule has 0 amide bonds. The van der Waals surface area contributed by atoms with Gasteiger partial charge in [0.05, 0.1) is 0 Å². The molecule has 0 aromatic carbocycles. The van der Waals surface area contributed by atoms with Gasteiger partial charge in [0.2, 0.25) is 0 Å². The molecule has 0 unspecified atom stereocenters. The van der Waals surface area contributed by atoms with E-state index in [4.69, 9.17) is 0 Å². The molecule has 0 rings (SSSR count). The molecule has 0 heterocycles. The molecule has 0 aliphatic carbocycles. The van der Waals surface area contributed by atoms with Crippen molar-refractivity contribution in [3.8, 4) is 0 Å². The van der Waals surface area contributed by atoms with Crippen molar-refractivity contribution in [1.82, 2.24) is 0 Å². The quantitative estimate of drug-likeness (QED) is 0.319.